The molecule has 6 nitrogen and oxygen atoms in total. The van der Waals surface area contributed by atoms with Gasteiger partial charge in [0.05, 0.1) is 12.5 Å². The Kier molecular flexibility index (Phi) is 7.41. The molecule has 0 N–H and O–H groups in total. The summed E-state index contributed by atoms with van der Waals surface area (Å²) >= 11 is 0. The van der Waals surface area contributed by atoms with Gasteiger partial charge in [0.2, 0.25) is 5.91 Å². The highest BCUT2D eigenvalue weighted by molar-refractivity contribution is 5.78. The van der Waals surface area contributed by atoms with Crippen molar-refractivity contribution >= 4 is 5.91 Å². The van der Waals surface area contributed by atoms with Gasteiger partial charge < -0.3 is 9.80 Å². The summed E-state index contributed by atoms with van der Waals surface area (Å²) in [4.78, 5) is 21.9. The third-order valence-electron chi connectivity index (χ3n) is 5.09. The molecule has 1 unspecified atom stereocenters. The smallest absolute Gasteiger partial charge is 0.227 e. The van der Waals surface area contributed by atoms with Crippen LogP contribution < -0.4 is 0 Å². The molecule has 2 heterocycles. The Hall–Kier alpha value is -1.43. The van der Waals surface area contributed by atoms with E-state index < -0.39 is 0 Å². The number of hydrogen-bond donors (Lipinski definition) is 0. The fraction of sp³-hybridized carbons (Fsp3) is 0.842. The second kappa shape index (κ2) is 9.32. The third kappa shape index (κ3) is 5.80. The van der Waals surface area contributed by atoms with E-state index in [1.165, 1.54) is 38.8 Å². The number of rotatable bonds is 7. The van der Waals surface area contributed by atoms with Crippen LogP contribution in [0.5, 0.6) is 0 Å². The summed E-state index contributed by atoms with van der Waals surface area (Å²) in [5.41, 5.74) is 0. The minimum absolute atomic E-state index is 0.0914. The fourth-order valence-electron chi connectivity index (χ4n) is 3.59. The van der Waals surface area contributed by atoms with E-state index in [4.69, 9.17) is 0 Å². The van der Waals surface area contributed by atoms with E-state index in [-0.39, 0.29) is 17.9 Å². The van der Waals surface area contributed by atoms with Gasteiger partial charge in [-0.3, -0.25) is 4.79 Å². The predicted octanol–water partition coefficient (Wildman–Crippen LogP) is 2.64. The number of amides is 1. The molecular weight excluding hydrogens is 314 g/mol. The van der Waals surface area contributed by atoms with Gasteiger partial charge in [-0.25, -0.2) is 9.67 Å². The minimum Gasteiger partial charge on any atom is -0.339 e. The first-order chi connectivity index (χ1) is 11.9. The van der Waals surface area contributed by atoms with Crippen LogP contribution in [-0.2, 0) is 11.3 Å². The van der Waals surface area contributed by atoms with Crippen molar-refractivity contribution < 1.29 is 4.79 Å². The number of aromatic nitrogens is 3. The molecule has 2 rings (SSSR count). The van der Waals surface area contributed by atoms with Crippen LogP contribution in [0.25, 0.3) is 0 Å². The topological polar surface area (TPSA) is 54.3 Å². The van der Waals surface area contributed by atoms with Crippen molar-refractivity contribution in [2.75, 3.05) is 26.2 Å². The molecule has 0 bridgehead atoms. The number of carbonyl (C=O) groups excluding carboxylic acids is 1. The minimum atomic E-state index is -0.0914. The maximum Gasteiger partial charge on any atom is 0.227 e. The van der Waals surface area contributed by atoms with Gasteiger partial charge in [-0.1, -0.05) is 19.8 Å². The van der Waals surface area contributed by atoms with Gasteiger partial charge in [-0.15, -0.1) is 0 Å². The SMILES string of the molecule is Cc1nc(C)n(CC(C)C(=O)N(CCN2CCCCCC2)C(C)C)n1. The molecule has 1 amide bonds. The Morgan fingerprint density at radius 1 is 1.12 bits per heavy atom. The molecule has 0 spiro atoms. The number of likely N-dealkylation sites (tertiary alicyclic amines) is 1. The van der Waals surface area contributed by atoms with E-state index in [0.717, 1.165) is 24.7 Å². The summed E-state index contributed by atoms with van der Waals surface area (Å²) in [5, 5.41) is 4.39. The fourth-order valence-corrected chi connectivity index (χ4v) is 3.59. The maximum atomic E-state index is 13.0. The first kappa shape index (κ1) is 19.9. The summed E-state index contributed by atoms with van der Waals surface area (Å²) in [6.45, 7) is 14.8. The Morgan fingerprint density at radius 2 is 1.76 bits per heavy atom. The molecule has 0 aromatic carbocycles. The third-order valence-corrected chi connectivity index (χ3v) is 5.09. The highest BCUT2D eigenvalue weighted by Gasteiger charge is 2.24. The molecule has 1 aromatic rings. The molecule has 1 saturated heterocycles. The van der Waals surface area contributed by atoms with Crippen LogP contribution in [0.15, 0.2) is 0 Å². The van der Waals surface area contributed by atoms with Crippen LogP contribution >= 0.6 is 0 Å². The summed E-state index contributed by atoms with van der Waals surface area (Å²) in [5.74, 6) is 1.76. The van der Waals surface area contributed by atoms with Crippen molar-refractivity contribution in [3.8, 4) is 0 Å². The van der Waals surface area contributed by atoms with Gasteiger partial charge in [0, 0.05) is 19.1 Å². The molecule has 25 heavy (non-hydrogen) atoms. The van der Waals surface area contributed by atoms with E-state index in [9.17, 15) is 4.79 Å². The highest BCUT2D eigenvalue weighted by atomic mass is 16.2. The number of nitrogens with zero attached hydrogens (tertiary/aromatic N) is 5. The lowest BCUT2D eigenvalue weighted by Gasteiger charge is -2.32. The Balaban J connectivity index is 1.93. The number of aryl methyl sites for hydroxylation is 2. The number of hydrogen-bond acceptors (Lipinski definition) is 4. The summed E-state index contributed by atoms with van der Waals surface area (Å²) < 4.78 is 1.85. The second-order valence-corrected chi connectivity index (χ2v) is 7.67. The van der Waals surface area contributed by atoms with Crippen molar-refractivity contribution in [3.63, 3.8) is 0 Å². The molecule has 1 aliphatic rings. The van der Waals surface area contributed by atoms with E-state index in [0.29, 0.717) is 6.54 Å². The molecule has 1 fully saturated rings. The summed E-state index contributed by atoms with van der Waals surface area (Å²) in [6, 6.07) is 0.223. The van der Waals surface area contributed by atoms with Crippen molar-refractivity contribution in [1.82, 2.24) is 24.6 Å². The molecule has 0 saturated carbocycles. The molecule has 1 aliphatic heterocycles. The van der Waals surface area contributed by atoms with Crippen LogP contribution in [0, 0.1) is 19.8 Å². The lowest BCUT2D eigenvalue weighted by Crippen LogP contribution is -2.45. The summed E-state index contributed by atoms with van der Waals surface area (Å²) in [7, 11) is 0. The van der Waals surface area contributed by atoms with Crippen molar-refractivity contribution in [1.29, 1.82) is 0 Å². The molecule has 1 atom stereocenters. The highest BCUT2D eigenvalue weighted by Crippen LogP contribution is 2.13. The van der Waals surface area contributed by atoms with Crippen molar-refractivity contribution in [3.05, 3.63) is 11.6 Å². The van der Waals surface area contributed by atoms with Crippen LogP contribution in [0.4, 0.5) is 0 Å². The predicted molar refractivity (Wildman–Crippen MR) is 100 cm³/mol. The average molecular weight is 350 g/mol. The average Bonchev–Trinajstić information content (AvgIpc) is 2.76. The normalized spacial score (nSPS) is 17.5. The van der Waals surface area contributed by atoms with Gasteiger partial charge in [-0.2, -0.15) is 5.10 Å². The first-order valence-corrected chi connectivity index (χ1v) is 9.79. The van der Waals surface area contributed by atoms with Gasteiger partial charge in [0.1, 0.15) is 11.6 Å². The summed E-state index contributed by atoms with van der Waals surface area (Å²) in [6.07, 6.45) is 5.27. The van der Waals surface area contributed by atoms with E-state index in [1.807, 2.05) is 30.4 Å². The lowest BCUT2D eigenvalue weighted by molar-refractivity contribution is -0.137. The molecule has 0 aliphatic carbocycles. The molecular formula is C19H35N5O. The molecule has 1 aromatic heterocycles. The second-order valence-electron chi connectivity index (χ2n) is 7.67. The number of carbonyl (C=O) groups is 1. The largest absolute Gasteiger partial charge is 0.339 e. The van der Waals surface area contributed by atoms with Crippen LogP contribution in [0.3, 0.4) is 0 Å². The monoisotopic (exact) mass is 349 g/mol. The van der Waals surface area contributed by atoms with E-state index >= 15 is 0 Å². The Bertz CT molecular complexity index is 546. The van der Waals surface area contributed by atoms with Crippen LogP contribution in [0.2, 0.25) is 0 Å². The first-order valence-electron chi connectivity index (χ1n) is 9.79. The standard InChI is InChI=1S/C19H35N5O/c1-15(2)23(13-12-22-10-8-6-7-9-11-22)19(25)16(3)14-24-18(5)20-17(4)21-24/h15-16H,6-14H2,1-5H3. The molecule has 0 radical (unpaired) electrons. The van der Waals surface area contributed by atoms with E-state index in [1.54, 1.807) is 0 Å². The van der Waals surface area contributed by atoms with Gasteiger partial charge >= 0.3 is 0 Å². The lowest BCUT2D eigenvalue weighted by atomic mass is 10.1. The molecule has 6 heteroatoms. The van der Waals surface area contributed by atoms with Gasteiger partial charge in [0.15, 0.2) is 0 Å². The zero-order chi connectivity index (χ0) is 18.4. The van der Waals surface area contributed by atoms with Crippen molar-refractivity contribution in [2.24, 2.45) is 5.92 Å². The zero-order valence-corrected chi connectivity index (χ0v) is 16.7. The van der Waals surface area contributed by atoms with Crippen LogP contribution in [0.1, 0.15) is 58.1 Å². The zero-order valence-electron chi connectivity index (χ0n) is 16.7. The van der Waals surface area contributed by atoms with E-state index in [2.05, 4.69) is 28.8 Å². The maximum absolute atomic E-state index is 13.0. The Morgan fingerprint density at radius 3 is 2.28 bits per heavy atom. The quantitative estimate of drug-likeness (QED) is 0.759. The van der Waals surface area contributed by atoms with Crippen molar-refractivity contribution in [2.45, 2.75) is 72.9 Å². The van der Waals surface area contributed by atoms with Gasteiger partial charge in [0.25, 0.3) is 0 Å². The Labute approximate surface area is 152 Å². The van der Waals surface area contributed by atoms with Crippen LogP contribution in [-0.4, -0.2) is 62.7 Å². The van der Waals surface area contributed by atoms with Gasteiger partial charge in [-0.05, 0) is 53.6 Å². The molecule has 142 valence electrons.